The van der Waals surface area contributed by atoms with Gasteiger partial charge in [0.1, 0.15) is 17.2 Å². The van der Waals surface area contributed by atoms with Crippen molar-refractivity contribution in [2.24, 2.45) is 5.41 Å². The zero-order valence-corrected chi connectivity index (χ0v) is 24.8. The molecule has 1 aliphatic carbocycles. The van der Waals surface area contributed by atoms with Gasteiger partial charge in [0.15, 0.2) is 0 Å². The number of nitrogens with zero attached hydrogens (tertiary/aromatic N) is 3. The number of carbonyl (C=O) groups is 1. The first-order valence-corrected chi connectivity index (χ1v) is 14.9. The van der Waals surface area contributed by atoms with Crippen LogP contribution in [0.1, 0.15) is 89.0 Å². The fraction of sp³-hybridized carbons (Fsp3) is 0.606. The van der Waals surface area contributed by atoms with Crippen molar-refractivity contribution in [3.63, 3.8) is 0 Å². The van der Waals surface area contributed by atoms with Crippen LogP contribution in [0.4, 0.5) is 13.6 Å². The molecule has 1 atom stereocenters. The summed E-state index contributed by atoms with van der Waals surface area (Å²) in [5.74, 6) is -0.628. The van der Waals surface area contributed by atoms with Crippen LogP contribution in [-0.4, -0.2) is 65.2 Å². The maximum atomic E-state index is 13.9. The van der Waals surface area contributed by atoms with Gasteiger partial charge in [0, 0.05) is 57.4 Å². The molecule has 0 N–H and O–H groups in total. The van der Waals surface area contributed by atoms with Gasteiger partial charge in [-0.2, -0.15) is 0 Å². The van der Waals surface area contributed by atoms with E-state index in [1.165, 1.54) is 23.3 Å². The minimum Gasteiger partial charge on any atom is -0.444 e. The zero-order valence-electron chi connectivity index (χ0n) is 24.8. The number of hydrogen-bond donors (Lipinski definition) is 0. The summed E-state index contributed by atoms with van der Waals surface area (Å²) < 4.78 is 33.4. The smallest absolute Gasteiger partial charge is 0.410 e. The molecule has 7 heteroatoms. The molecule has 218 valence electrons. The number of amides is 1. The Labute approximate surface area is 238 Å². The van der Waals surface area contributed by atoms with Gasteiger partial charge in [-0.3, -0.25) is 9.80 Å². The molecule has 1 saturated carbocycles. The first-order valence-electron chi connectivity index (χ1n) is 14.9. The van der Waals surface area contributed by atoms with Crippen LogP contribution in [0.2, 0.25) is 0 Å². The van der Waals surface area contributed by atoms with Crippen molar-refractivity contribution in [3.8, 4) is 0 Å². The van der Waals surface area contributed by atoms with Crippen LogP contribution in [-0.2, 0) is 11.3 Å². The maximum Gasteiger partial charge on any atom is 0.410 e. The number of piperazine rings is 1. The van der Waals surface area contributed by atoms with Crippen molar-refractivity contribution in [3.05, 3.63) is 70.8 Å². The second kappa shape index (κ2) is 11.4. The first kappa shape index (κ1) is 29.0. The molecular weight excluding hydrogens is 508 g/mol. The number of hydrogen-bond acceptors (Lipinski definition) is 4. The topological polar surface area (TPSA) is 36.0 Å². The van der Waals surface area contributed by atoms with E-state index >= 15 is 0 Å². The van der Waals surface area contributed by atoms with E-state index in [4.69, 9.17) is 4.74 Å². The highest BCUT2D eigenvalue weighted by Gasteiger charge is 2.50. The zero-order chi connectivity index (χ0) is 28.7. The Kier molecular flexibility index (Phi) is 8.27. The number of carbonyl (C=O) groups excluding carboxylic acids is 1. The van der Waals surface area contributed by atoms with Crippen LogP contribution >= 0.6 is 0 Å². The van der Waals surface area contributed by atoms with Crippen LogP contribution in [0, 0.1) is 17.0 Å². The molecule has 5 nitrogen and oxygen atoms in total. The Morgan fingerprint density at radius 2 is 1.65 bits per heavy atom. The second-order valence-electron chi connectivity index (χ2n) is 13.6. The highest BCUT2D eigenvalue weighted by atomic mass is 19.1. The summed E-state index contributed by atoms with van der Waals surface area (Å²) in [6.07, 6.45) is 4.18. The minimum atomic E-state index is -0.521. The van der Waals surface area contributed by atoms with E-state index < -0.39 is 17.2 Å². The van der Waals surface area contributed by atoms with Crippen molar-refractivity contribution >= 4 is 6.09 Å². The first-order chi connectivity index (χ1) is 18.9. The van der Waals surface area contributed by atoms with E-state index in [1.54, 1.807) is 0 Å². The average Bonchev–Trinajstić information content (AvgIpc) is 2.86. The Morgan fingerprint density at radius 3 is 2.27 bits per heavy atom. The summed E-state index contributed by atoms with van der Waals surface area (Å²) in [6.45, 7) is 14.9. The van der Waals surface area contributed by atoms with Gasteiger partial charge in [-0.1, -0.05) is 38.1 Å². The molecule has 40 heavy (non-hydrogen) atoms. The van der Waals surface area contributed by atoms with Gasteiger partial charge in [0.2, 0.25) is 0 Å². The van der Waals surface area contributed by atoms with Gasteiger partial charge >= 0.3 is 6.09 Å². The standard InChI is InChI=1S/C33H45F2N3O2/c1-23(2)28-8-6-7-9-29(28)30-22-36(21-24-16-25(34)18-26(35)17-24)14-15-38(30)27-19-33(20-27)10-12-37(13-11-33)31(39)40-32(3,4)5/h6-9,16-18,23,27,30H,10-15,19-22H2,1-5H3. The van der Waals surface area contributed by atoms with Gasteiger partial charge in [-0.25, -0.2) is 13.6 Å². The monoisotopic (exact) mass is 553 g/mol. The molecule has 3 aliphatic rings. The SMILES string of the molecule is CC(C)c1ccccc1C1CN(Cc2cc(F)cc(F)c2)CCN1C1CC2(CCN(C(=O)OC(C)(C)C)CC2)C1. The Hall–Kier alpha value is -2.51. The van der Waals surface area contributed by atoms with Gasteiger partial charge in [-0.15, -0.1) is 0 Å². The van der Waals surface area contributed by atoms with Crippen LogP contribution < -0.4 is 0 Å². The lowest BCUT2D eigenvalue weighted by molar-refractivity contribution is -0.0782. The van der Waals surface area contributed by atoms with E-state index in [1.807, 2.05) is 25.7 Å². The van der Waals surface area contributed by atoms with E-state index in [0.717, 1.165) is 64.5 Å². The Balaban J connectivity index is 1.28. The molecule has 2 saturated heterocycles. The highest BCUT2D eigenvalue weighted by Crippen LogP contribution is 2.53. The number of likely N-dealkylation sites (tertiary alicyclic amines) is 1. The summed E-state index contributed by atoms with van der Waals surface area (Å²) in [5, 5.41) is 0. The van der Waals surface area contributed by atoms with Gasteiger partial charge < -0.3 is 9.64 Å². The fourth-order valence-corrected chi connectivity index (χ4v) is 7.08. The molecule has 0 radical (unpaired) electrons. The minimum absolute atomic E-state index is 0.196. The molecule has 0 bridgehead atoms. The lowest BCUT2D eigenvalue weighted by Crippen LogP contribution is -2.60. The Morgan fingerprint density at radius 1 is 1.00 bits per heavy atom. The van der Waals surface area contributed by atoms with Gasteiger partial charge in [0.25, 0.3) is 0 Å². The van der Waals surface area contributed by atoms with Crippen molar-refractivity contribution in [2.75, 3.05) is 32.7 Å². The predicted octanol–water partition coefficient (Wildman–Crippen LogP) is 7.13. The summed E-state index contributed by atoms with van der Waals surface area (Å²) in [7, 11) is 0. The maximum absolute atomic E-state index is 13.9. The number of piperidine rings is 1. The molecule has 1 amide bonds. The number of halogens is 2. The van der Waals surface area contributed by atoms with Gasteiger partial charge in [-0.05, 0) is 86.6 Å². The highest BCUT2D eigenvalue weighted by molar-refractivity contribution is 5.68. The molecule has 1 unspecified atom stereocenters. The molecule has 5 rings (SSSR count). The number of benzene rings is 2. The van der Waals surface area contributed by atoms with Crippen molar-refractivity contribution in [1.29, 1.82) is 0 Å². The van der Waals surface area contributed by atoms with E-state index in [-0.39, 0.29) is 12.1 Å². The second-order valence-corrected chi connectivity index (χ2v) is 13.6. The van der Waals surface area contributed by atoms with E-state index in [0.29, 0.717) is 29.5 Å². The van der Waals surface area contributed by atoms with Gasteiger partial charge in [0.05, 0.1) is 0 Å². The molecule has 2 aromatic rings. The quantitative estimate of drug-likeness (QED) is 0.395. The molecule has 1 spiro atoms. The molecule has 2 aliphatic heterocycles. The molecular formula is C33H45F2N3O2. The van der Waals surface area contributed by atoms with E-state index in [9.17, 15) is 13.6 Å². The number of ether oxygens (including phenoxy) is 1. The van der Waals surface area contributed by atoms with E-state index in [2.05, 4.69) is 47.9 Å². The largest absolute Gasteiger partial charge is 0.444 e. The van der Waals surface area contributed by atoms with Crippen LogP contribution in [0.15, 0.2) is 42.5 Å². The van der Waals surface area contributed by atoms with Crippen LogP contribution in [0.25, 0.3) is 0 Å². The lowest BCUT2D eigenvalue weighted by Gasteiger charge is -2.58. The lowest BCUT2D eigenvalue weighted by atomic mass is 9.59. The van der Waals surface area contributed by atoms with Crippen molar-refractivity contribution in [2.45, 2.75) is 90.4 Å². The average molecular weight is 554 g/mol. The van der Waals surface area contributed by atoms with Crippen LogP contribution in [0.5, 0.6) is 0 Å². The third-order valence-corrected chi connectivity index (χ3v) is 9.09. The number of rotatable bonds is 5. The summed E-state index contributed by atoms with van der Waals surface area (Å²) in [5.41, 5.74) is 3.26. The third-order valence-electron chi connectivity index (χ3n) is 9.09. The van der Waals surface area contributed by atoms with Crippen molar-refractivity contribution in [1.82, 2.24) is 14.7 Å². The van der Waals surface area contributed by atoms with Crippen molar-refractivity contribution < 1.29 is 18.3 Å². The normalized spacial score (nSPS) is 22.5. The molecule has 3 fully saturated rings. The molecule has 2 aromatic carbocycles. The summed E-state index contributed by atoms with van der Waals surface area (Å²) in [4.78, 5) is 19.5. The summed E-state index contributed by atoms with van der Waals surface area (Å²) in [6, 6.07) is 13.3. The predicted molar refractivity (Wildman–Crippen MR) is 154 cm³/mol. The third kappa shape index (κ3) is 6.52. The fourth-order valence-electron chi connectivity index (χ4n) is 7.08. The van der Waals surface area contributed by atoms with Crippen LogP contribution in [0.3, 0.4) is 0 Å². The Bertz CT molecular complexity index is 1170. The molecule has 2 heterocycles. The molecule has 0 aromatic heterocycles. The summed E-state index contributed by atoms with van der Waals surface area (Å²) >= 11 is 0.